The molecule has 2 aliphatic rings. The third kappa shape index (κ3) is 4.23. The van der Waals surface area contributed by atoms with E-state index in [0.717, 1.165) is 18.9 Å². The Morgan fingerprint density at radius 2 is 2.04 bits per heavy atom. The standard InChI is InChI=1S/C19H29N3O.HI/c1-13-7-5-6-8-15(13)19(2,3)12-21-18(20-4)22-16-11-14-9-10-17(16)23-14;/h5-8,14,16-17H,9-12H2,1-4H3,(H2,20,21,22);1H. The van der Waals surface area contributed by atoms with Gasteiger partial charge in [-0.05, 0) is 37.3 Å². The summed E-state index contributed by atoms with van der Waals surface area (Å²) in [6.45, 7) is 7.57. The molecule has 0 aromatic heterocycles. The molecule has 3 unspecified atom stereocenters. The molecular weight excluding hydrogens is 413 g/mol. The first-order valence-corrected chi connectivity index (χ1v) is 8.68. The van der Waals surface area contributed by atoms with Gasteiger partial charge in [-0.2, -0.15) is 0 Å². The van der Waals surface area contributed by atoms with E-state index < -0.39 is 0 Å². The van der Waals surface area contributed by atoms with Crippen LogP contribution in [0.5, 0.6) is 0 Å². The van der Waals surface area contributed by atoms with Gasteiger partial charge in [-0.3, -0.25) is 4.99 Å². The van der Waals surface area contributed by atoms with Gasteiger partial charge >= 0.3 is 0 Å². The molecule has 1 aromatic carbocycles. The largest absolute Gasteiger partial charge is 0.373 e. The zero-order valence-electron chi connectivity index (χ0n) is 15.1. The number of guanidine groups is 1. The first kappa shape index (κ1) is 19.5. The molecular formula is C19H30IN3O. The Hall–Kier alpha value is -0.820. The number of ether oxygens (including phenoxy) is 1. The molecule has 24 heavy (non-hydrogen) atoms. The molecule has 0 radical (unpaired) electrons. The molecule has 2 bridgehead atoms. The van der Waals surface area contributed by atoms with Crippen molar-refractivity contribution >= 4 is 29.9 Å². The molecule has 134 valence electrons. The molecule has 2 saturated heterocycles. The van der Waals surface area contributed by atoms with Crippen LogP contribution in [-0.4, -0.2) is 37.8 Å². The van der Waals surface area contributed by atoms with Crippen molar-refractivity contribution in [2.75, 3.05) is 13.6 Å². The molecule has 4 nitrogen and oxygen atoms in total. The van der Waals surface area contributed by atoms with Crippen LogP contribution in [0.2, 0.25) is 0 Å². The van der Waals surface area contributed by atoms with Crippen molar-refractivity contribution in [3.8, 4) is 0 Å². The van der Waals surface area contributed by atoms with Gasteiger partial charge in [-0.1, -0.05) is 38.1 Å². The predicted octanol–water partition coefficient (Wildman–Crippen LogP) is 3.38. The minimum Gasteiger partial charge on any atom is -0.373 e. The third-order valence-corrected chi connectivity index (χ3v) is 5.22. The van der Waals surface area contributed by atoms with E-state index in [4.69, 9.17) is 4.74 Å². The lowest BCUT2D eigenvalue weighted by molar-refractivity contribution is 0.0992. The van der Waals surface area contributed by atoms with E-state index in [0.29, 0.717) is 18.2 Å². The second-order valence-electron chi connectivity index (χ2n) is 7.48. The fourth-order valence-corrected chi connectivity index (χ4v) is 3.89. The quantitative estimate of drug-likeness (QED) is 0.426. The zero-order chi connectivity index (χ0) is 16.4. The molecule has 2 heterocycles. The Labute approximate surface area is 162 Å². The number of rotatable bonds is 4. The molecule has 3 atom stereocenters. The number of hydrogen-bond donors (Lipinski definition) is 2. The van der Waals surface area contributed by atoms with Crippen molar-refractivity contribution in [2.24, 2.45) is 4.99 Å². The number of nitrogens with one attached hydrogen (secondary N) is 2. The van der Waals surface area contributed by atoms with Gasteiger partial charge in [-0.15, -0.1) is 24.0 Å². The van der Waals surface area contributed by atoms with E-state index in [-0.39, 0.29) is 29.4 Å². The number of aryl methyl sites for hydroxylation is 1. The highest BCUT2D eigenvalue weighted by atomic mass is 127. The maximum Gasteiger partial charge on any atom is 0.191 e. The maximum atomic E-state index is 5.92. The molecule has 2 fully saturated rings. The van der Waals surface area contributed by atoms with Crippen molar-refractivity contribution in [3.05, 3.63) is 35.4 Å². The Balaban J connectivity index is 0.00000208. The van der Waals surface area contributed by atoms with Crippen LogP contribution in [0.3, 0.4) is 0 Å². The molecule has 1 aromatic rings. The summed E-state index contributed by atoms with van der Waals surface area (Å²) in [5.41, 5.74) is 2.77. The first-order valence-electron chi connectivity index (χ1n) is 8.68. The molecule has 2 N–H and O–H groups in total. The molecule has 0 aliphatic carbocycles. The molecule has 0 amide bonds. The number of nitrogens with zero attached hydrogens (tertiary/aromatic N) is 1. The van der Waals surface area contributed by atoms with Crippen LogP contribution >= 0.6 is 24.0 Å². The highest BCUT2D eigenvalue weighted by molar-refractivity contribution is 14.0. The van der Waals surface area contributed by atoms with Gasteiger partial charge in [0.15, 0.2) is 5.96 Å². The van der Waals surface area contributed by atoms with Crippen molar-refractivity contribution in [1.82, 2.24) is 10.6 Å². The predicted molar refractivity (Wildman–Crippen MR) is 110 cm³/mol. The average molecular weight is 443 g/mol. The minimum absolute atomic E-state index is 0. The number of aliphatic imine (C=N–C) groups is 1. The molecule has 0 saturated carbocycles. The van der Waals surface area contributed by atoms with Gasteiger partial charge < -0.3 is 15.4 Å². The molecule has 3 rings (SSSR count). The van der Waals surface area contributed by atoms with Crippen molar-refractivity contribution < 1.29 is 4.74 Å². The summed E-state index contributed by atoms with van der Waals surface area (Å²) in [7, 11) is 1.84. The lowest BCUT2D eigenvalue weighted by Crippen LogP contribution is -2.49. The van der Waals surface area contributed by atoms with Gasteiger partial charge in [-0.25, -0.2) is 0 Å². The molecule has 5 heteroatoms. The van der Waals surface area contributed by atoms with E-state index in [2.05, 4.69) is 60.7 Å². The fraction of sp³-hybridized carbons (Fsp3) is 0.632. The number of hydrogen-bond acceptors (Lipinski definition) is 2. The van der Waals surface area contributed by atoms with Crippen LogP contribution in [-0.2, 0) is 10.2 Å². The SMILES string of the molecule is CN=C(NCC(C)(C)c1ccccc1C)NC1CC2CCC1O2.I. The summed E-state index contributed by atoms with van der Waals surface area (Å²) < 4.78 is 5.92. The Kier molecular flexibility index (Phi) is 6.53. The summed E-state index contributed by atoms with van der Waals surface area (Å²) >= 11 is 0. The Morgan fingerprint density at radius 3 is 2.62 bits per heavy atom. The number of fused-ring (bicyclic) bond motifs is 2. The Morgan fingerprint density at radius 1 is 1.29 bits per heavy atom. The van der Waals surface area contributed by atoms with Gasteiger partial charge in [0.05, 0.1) is 18.2 Å². The van der Waals surface area contributed by atoms with Crippen LogP contribution in [0, 0.1) is 6.92 Å². The highest BCUT2D eigenvalue weighted by Gasteiger charge is 2.41. The lowest BCUT2D eigenvalue weighted by atomic mass is 9.82. The second kappa shape index (κ2) is 8.04. The fourth-order valence-electron chi connectivity index (χ4n) is 3.89. The van der Waals surface area contributed by atoms with Crippen LogP contribution in [0.1, 0.15) is 44.2 Å². The minimum atomic E-state index is 0. The van der Waals surface area contributed by atoms with E-state index >= 15 is 0 Å². The van der Waals surface area contributed by atoms with E-state index in [1.54, 1.807) is 0 Å². The lowest BCUT2D eigenvalue weighted by Gasteiger charge is -2.29. The molecule has 0 spiro atoms. The van der Waals surface area contributed by atoms with E-state index in [1.165, 1.54) is 24.0 Å². The van der Waals surface area contributed by atoms with Crippen molar-refractivity contribution in [3.63, 3.8) is 0 Å². The maximum absolute atomic E-state index is 5.92. The summed E-state index contributed by atoms with van der Waals surface area (Å²) in [5.74, 6) is 0.882. The van der Waals surface area contributed by atoms with E-state index in [9.17, 15) is 0 Å². The van der Waals surface area contributed by atoms with Gasteiger partial charge in [0.2, 0.25) is 0 Å². The monoisotopic (exact) mass is 443 g/mol. The Bertz CT molecular complexity index is 588. The molecule has 2 aliphatic heterocycles. The normalized spacial score (nSPS) is 26.2. The van der Waals surface area contributed by atoms with Crippen LogP contribution in [0.25, 0.3) is 0 Å². The first-order chi connectivity index (χ1) is 11.0. The van der Waals surface area contributed by atoms with Gasteiger partial charge in [0.1, 0.15) is 0 Å². The summed E-state index contributed by atoms with van der Waals surface area (Å²) in [4.78, 5) is 4.39. The average Bonchev–Trinajstić information content (AvgIpc) is 3.14. The number of halogens is 1. The van der Waals surface area contributed by atoms with Gasteiger partial charge in [0.25, 0.3) is 0 Å². The summed E-state index contributed by atoms with van der Waals surface area (Å²) in [6, 6.07) is 9.01. The number of benzene rings is 1. The third-order valence-electron chi connectivity index (χ3n) is 5.22. The van der Waals surface area contributed by atoms with Gasteiger partial charge in [0, 0.05) is 19.0 Å². The van der Waals surface area contributed by atoms with Crippen LogP contribution in [0.15, 0.2) is 29.3 Å². The smallest absolute Gasteiger partial charge is 0.191 e. The topological polar surface area (TPSA) is 45.7 Å². The highest BCUT2D eigenvalue weighted by Crippen LogP contribution is 2.34. The second-order valence-corrected chi connectivity index (χ2v) is 7.48. The summed E-state index contributed by atoms with van der Waals surface area (Å²) in [5, 5.41) is 7.05. The summed E-state index contributed by atoms with van der Waals surface area (Å²) in [6.07, 6.45) is 4.32. The van der Waals surface area contributed by atoms with E-state index in [1.807, 2.05) is 7.05 Å². The van der Waals surface area contributed by atoms with Crippen molar-refractivity contribution in [2.45, 2.75) is 63.7 Å². The van der Waals surface area contributed by atoms with Crippen LogP contribution in [0.4, 0.5) is 0 Å². The van der Waals surface area contributed by atoms with Crippen molar-refractivity contribution in [1.29, 1.82) is 0 Å². The van der Waals surface area contributed by atoms with Crippen LogP contribution < -0.4 is 10.6 Å². The zero-order valence-corrected chi connectivity index (χ0v) is 17.5.